The summed E-state index contributed by atoms with van der Waals surface area (Å²) in [4.78, 5) is 18.3. The molecule has 0 spiro atoms. The Morgan fingerprint density at radius 2 is 2.35 bits per heavy atom. The quantitative estimate of drug-likeness (QED) is 0.595. The van der Waals surface area contributed by atoms with Crippen LogP contribution in [-0.4, -0.2) is 34.1 Å². The van der Waals surface area contributed by atoms with E-state index in [1.165, 1.54) is 0 Å². The van der Waals surface area contributed by atoms with Crippen LogP contribution >= 0.6 is 11.6 Å². The van der Waals surface area contributed by atoms with Gasteiger partial charge < -0.3 is 0 Å². The van der Waals surface area contributed by atoms with Gasteiger partial charge in [0, 0.05) is 12.7 Å². The Balaban J connectivity index is 2.08. The number of ketones is 1. The van der Waals surface area contributed by atoms with Crippen molar-refractivity contribution in [2.24, 2.45) is 5.92 Å². The summed E-state index contributed by atoms with van der Waals surface area (Å²) >= 11 is 5.66. The topological polar surface area (TPSA) is 33.0 Å². The van der Waals surface area contributed by atoms with Crippen molar-refractivity contribution in [3.05, 3.63) is 30.1 Å². The SMILES string of the molecule is CC(C)[C@@H](C(=O)CCl)N1C[C@H]1c1ccccn1. The second-order valence-corrected chi connectivity index (χ2v) is 5.02. The molecule has 1 unspecified atom stereocenters. The third-order valence-electron chi connectivity index (χ3n) is 3.13. The monoisotopic (exact) mass is 252 g/mol. The molecule has 3 atom stereocenters. The average Bonchev–Trinajstić information content (AvgIpc) is 3.10. The van der Waals surface area contributed by atoms with Gasteiger partial charge in [0.2, 0.25) is 0 Å². The van der Waals surface area contributed by atoms with Crippen molar-refractivity contribution in [2.75, 3.05) is 12.4 Å². The lowest BCUT2D eigenvalue weighted by molar-refractivity contribution is -0.121. The maximum absolute atomic E-state index is 11.8. The predicted octanol–water partition coefficient (Wildman–Crippen LogP) is 2.27. The number of nitrogens with zero attached hydrogens (tertiary/aromatic N) is 2. The van der Waals surface area contributed by atoms with Crippen LogP contribution < -0.4 is 0 Å². The molecule has 0 amide bonds. The largest absolute Gasteiger partial charge is 0.297 e. The first-order valence-electron chi connectivity index (χ1n) is 5.90. The molecule has 2 heterocycles. The Hall–Kier alpha value is -0.930. The summed E-state index contributed by atoms with van der Waals surface area (Å²) in [5.41, 5.74) is 1.04. The fourth-order valence-electron chi connectivity index (χ4n) is 2.32. The van der Waals surface area contributed by atoms with Crippen molar-refractivity contribution < 1.29 is 4.79 Å². The number of carbonyl (C=O) groups is 1. The summed E-state index contributed by atoms with van der Waals surface area (Å²) in [5.74, 6) is 0.490. The molecule has 1 aliphatic heterocycles. The lowest BCUT2D eigenvalue weighted by Gasteiger charge is -2.20. The molecule has 0 aliphatic carbocycles. The van der Waals surface area contributed by atoms with E-state index < -0.39 is 0 Å². The van der Waals surface area contributed by atoms with E-state index >= 15 is 0 Å². The number of hydrogen-bond acceptors (Lipinski definition) is 3. The zero-order chi connectivity index (χ0) is 12.4. The molecule has 0 N–H and O–H groups in total. The van der Waals surface area contributed by atoms with Crippen molar-refractivity contribution >= 4 is 17.4 Å². The molecule has 17 heavy (non-hydrogen) atoms. The maximum atomic E-state index is 11.8. The Bertz CT molecular complexity index is 394. The van der Waals surface area contributed by atoms with Crippen molar-refractivity contribution in [1.29, 1.82) is 0 Å². The molecule has 1 fully saturated rings. The van der Waals surface area contributed by atoms with Gasteiger partial charge in [-0.15, -0.1) is 11.6 Å². The summed E-state index contributed by atoms with van der Waals surface area (Å²) in [7, 11) is 0. The average molecular weight is 253 g/mol. The number of hydrogen-bond donors (Lipinski definition) is 0. The third kappa shape index (κ3) is 2.67. The van der Waals surface area contributed by atoms with Gasteiger partial charge in [0.05, 0.1) is 23.7 Å². The molecular weight excluding hydrogens is 236 g/mol. The summed E-state index contributed by atoms with van der Waals surface area (Å²) in [6, 6.07) is 6.11. The highest BCUT2D eigenvalue weighted by atomic mass is 35.5. The molecule has 92 valence electrons. The van der Waals surface area contributed by atoms with Crippen LogP contribution in [0.3, 0.4) is 0 Å². The second kappa shape index (κ2) is 5.15. The molecule has 0 radical (unpaired) electrons. The number of rotatable bonds is 5. The summed E-state index contributed by atoms with van der Waals surface area (Å²) in [6.45, 7) is 5.02. The van der Waals surface area contributed by atoms with E-state index in [0.29, 0.717) is 0 Å². The number of pyridine rings is 1. The van der Waals surface area contributed by atoms with Crippen LogP contribution in [0, 0.1) is 5.92 Å². The number of halogens is 1. The van der Waals surface area contributed by atoms with Crippen LogP contribution in [0.5, 0.6) is 0 Å². The fourth-order valence-corrected chi connectivity index (χ4v) is 2.47. The minimum absolute atomic E-state index is 0.0699. The minimum atomic E-state index is -0.0699. The standard InChI is InChI=1S/C13H17ClN2O/c1-9(2)13(12(17)7-14)16-8-11(16)10-5-3-4-6-15-10/h3-6,9,11,13H,7-8H2,1-2H3/t11-,13-,16?/m0/s1. The zero-order valence-electron chi connectivity index (χ0n) is 10.1. The predicted molar refractivity (Wildman–Crippen MR) is 68.0 cm³/mol. The van der Waals surface area contributed by atoms with Gasteiger partial charge in [0.25, 0.3) is 0 Å². The molecule has 1 saturated heterocycles. The third-order valence-corrected chi connectivity index (χ3v) is 3.39. The van der Waals surface area contributed by atoms with E-state index in [9.17, 15) is 4.79 Å². The van der Waals surface area contributed by atoms with Crippen molar-refractivity contribution in [3.8, 4) is 0 Å². The van der Waals surface area contributed by atoms with E-state index in [1.807, 2.05) is 18.2 Å². The van der Waals surface area contributed by atoms with E-state index in [4.69, 9.17) is 11.6 Å². The zero-order valence-corrected chi connectivity index (χ0v) is 10.9. The first-order chi connectivity index (χ1) is 8.15. The first-order valence-corrected chi connectivity index (χ1v) is 6.44. The Kier molecular flexibility index (Phi) is 3.79. The van der Waals surface area contributed by atoms with Crippen LogP contribution in [0.2, 0.25) is 0 Å². The second-order valence-electron chi connectivity index (χ2n) is 4.76. The minimum Gasteiger partial charge on any atom is -0.297 e. The summed E-state index contributed by atoms with van der Waals surface area (Å²) < 4.78 is 0. The van der Waals surface area contributed by atoms with Gasteiger partial charge in [-0.3, -0.25) is 14.7 Å². The number of carbonyl (C=O) groups excluding carboxylic acids is 1. The van der Waals surface area contributed by atoms with Gasteiger partial charge in [-0.1, -0.05) is 19.9 Å². The van der Waals surface area contributed by atoms with Gasteiger partial charge in [-0.2, -0.15) is 0 Å². The van der Waals surface area contributed by atoms with Crippen LogP contribution in [0.15, 0.2) is 24.4 Å². The number of aromatic nitrogens is 1. The normalized spacial score (nSPS) is 24.7. The van der Waals surface area contributed by atoms with E-state index in [-0.39, 0.29) is 29.7 Å². The molecule has 2 rings (SSSR count). The van der Waals surface area contributed by atoms with Crippen LogP contribution in [0.4, 0.5) is 0 Å². The van der Waals surface area contributed by atoms with E-state index in [1.54, 1.807) is 6.20 Å². The molecule has 1 aliphatic rings. The molecule has 1 aromatic rings. The molecule has 4 heteroatoms. The Morgan fingerprint density at radius 3 is 2.88 bits per heavy atom. The van der Waals surface area contributed by atoms with E-state index in [2.05, 4.69) is 23.7 Å². The van der Waals surface area contributed by atoms with Gasteiger partial charge >= 0.3 is 0 Å². The van der Waals surface area contributed by atoms with Gasteiger partial charge in [0.15, 0.2) is 5.78 Å². The molecule has 0 saturated carbocycles. The number of Topliss-reactive ketones (excluding diaryl/α,β-unsaturated/α-hetero) is 1. The van der Waals surface area contributed by atoms with Crippen LogP contribution in [-0.2, 0) is 4.79 Å². The van der Waals surface area contributed by atoms with E-state index in [0.717, 1.165) is 12.2 Å². The highest BCUT2D eigenvalue weighted by Crippen LogP contribution is 2.38. The Morgan fingerprint density at radius 1 is 1.59 bits per heavy atom. The molecule has 0 bridgehead atoms. The maximum Gasteiger partial charge on any atom is 0.164 e. The molecule has 3 nitrogen and oxygen atoms in total. The van der Waals surface area contributed by atoms with Gasteiger partial charge in [0.1, 0.15) is 0 Å². The summed E-state index contributed by atoms with van der Waals surface area (Å²) in [6.07, 6.45) is 1.79. The molecule has 0 aromatic carbocycles. The lowest BCUT2D eigenvalue weighted by atomic mass is 10.0. The summed E-state index contributed by atoms with van der Waals surface area (Å²) in [5, 5.41) is 0. The fraction of sp³-hybridized carbons (Fsp3) is 0.538. The highest BCUT2D eigenvalue weighted by molar-refractivity contribution is 6.28. The first kappa shape index (κ1) is 12.5. The van der Waals surface area contributed by atoms with Crippen molar-refractivity contribution in [1.82, 2.24) is 9.88 Å². The molecule has 1 aromatic heterocycles. The number of alkyl halides is 1. The van der Waals surface area contributed by atoms with Gasteiger partial charge in [-0.05, 0) is 18.1 Å². The Labute approximate surface area is 107 Å². The van der Waals surface area contributed by atoms with Crippen molar-refractivity contribution in [2.45, 2.75) is 25.9 Å². The van der Waals surface area contributed by atoms with Crippen molar-refractivity contribution in [3.63, 3.8) is 0 Å². The highest BCUT2D eigenvalue weighted by Gasteiger charge is 2.45. The van der Waals surface area contributed by atoms with Crippen LogP contribution in [0.1, 0.15) is 25.6 Å². The smallest absolute Gasteiger partial charge is 0.164 e. The van der Waals surface area contributed by atoms with Crippen LogP contribution in [0.25, 0.3) is 0 Å². The molecular formula is C13H17ClN2O. The lowest BCUT2D eigenvalue weighted by Crippen LogP contribution is -2.35. The van der Waals surface area contributed by atoms with Gasteiger partial charge in [-0.25, -0.2) is 0 Å².